The molecular formula is C20H19F6N5O3. The van der Waals surface area contributed by atoms with Crippen LogP contribution in [-0.2, 0) is 10.3 Å². The number of rotatable bonds is 4. The average molecular weight is 491 g/mol. The summed E-state index contributed by atoms with van der Waals surface area (Å²) in [7, 11) is 0. The summed E-state index contributed by atoms with van der Waals surface area (Å²) in [6, 6.07) is 4.10. The number of aliphatic imine (C=N–C) groups is 1. The second-order valence-electron chi connectivity index (χ2n) is 7.76. The number of hydrogen-bond acceptors (Lipinski definition) is 7. The Morgan fingerprint density at radius 1 is 1.24 bits per heavy atom. The molecule has 1 aromatic heterocycles. The lowest BCUT2D eigenvalue weighted by Crippen LogP contribution is -2.60. The zero-order chi connectivity index (χ0) is 25.5. The van der Waals surface area contributed by atoms with Crippen molar-refractivity contribution in [3.8, 4) is 5.88 Å². The molecule has 0 aliphatic carbocycles. The molecule has 2 aromatic rings. The van der Waals surface area contributed by atoms with Crippen LogP contribution in [-0.4, -0.2) is 35.3 Å². The van der Waals surface area contributed by atoms with Crippen LogP contribution in [0.2, 0.25) is 0 Å². The van der Waals surface area contributed by atoms with E-state index in [0.29, 0.717) is 6.92 Å². The number of pyridine rings is 1. The van der Waals surface area contributed by atoms with Crippen molar-refractivity contribution in [2.24, 2.45) is 10.7 Å². The highest BCUT2D eigenvalue weighted by molar-refractivity contribution is 5.91. The van der Waals surface area contributed by atoms with E-state index in [4.69, 9.17) is 20.9 Å². The molecule has 0 saturated heterocycles. The summed E-state index contributed by atoms with van der Waals surface area (Å²) < 4.78 is 89.7. The largest absolute Gasteiger partial charge is 0.424 e. The van der Waals surface area contributed by atoms with Gasteiger partial charge in [0.25, 0.3) is 6.43 Å². The molecule has 1 aromatic carbocycles. The topological polar surface area (TPSA) is 125 Å². The number of carbonyl (C=O) groups is 1. The fourth-order valence-corrected chi connectivity index (χ4v) is 3.07. The van der Waals surface area contributed by atoms with Gasteiger partial charge in [0.2, 0.25) is 11.5 Å². The quantitative estimate of drug-likeness (QED) is 0.549. The van der Waals surface area contributed by atoms with Crippen molar-refractivity contribution in [3.63, 3.8) is 0 Å². The van der Waals surface area contributed by atoms with Gasteiger partial charge in [-0.25, -0.2) is 22.9 Å². The lowest BCUT2D eigenvalue weighted by molar-refractivity contribution is -0.249. The van der Waals surface area contributed by atoms with Gasteiger partial charge in [-0.05, 0) is 38.1 Å². The summed E-state index contributed by atoms with van der Waals surface area (Å²) >= 11 is 0. The summed E-state index contributed by atoms with van der Waals surface area (Å²) in [5, 5.41) is 2.26. The van der Waals surface area contributed by atoms with Gasteiger partial charge in [0.1, 0.15) is 17.2 Å². The van der Waals surface area contributed by atoms with Gasteiger partial charge in [-0.2, -0.15) is 13.2 Å². The number of carbonyl (C=O) groups excluding carboxylic acids is 1. The van der Waals surface area contributed by atoms with Gasteiger partial charge in [0.05, 0.1) is 12.3 Å². The average Bonchev–Trinajstić information content (AvgIpc) is 2.73. The van der Waals surface area contributed by atoms with Crippen molar-refractivity contribution >= 4 is 23.3 Å². The standard InChI is InChI=1S/C20H19F6N5O3/c1-18(8-33-19(2,16(28)31-18)20(24,25)26)11-6-10(3-4-12(11)21)30-17(32)34-15-13(27)5-9(7-29-15)14(22)23/h3-7,14H,8,27H2,1-2H3,(H2,28,31)(H,30,32)/t18-,19+/m0/s1. The van der Waals surface area contributed by atoms with Crippen molar-refractivity contribution in [2.75, 3.05) is 17.7 Å². The molecule has 0 radical (unpaired) electrons. The first-order valence-corrected chi connectivity index (χ1v) is 9.55. The van der Waals surface area contributed by atoms with Crippen LogP contribution in [0.1, 0.15) is 31.4 Å². The summed E-state index contributed by atoms with van der Waals surface area (Å²) in [5.74, 6) is -2.17. The Labute approximate surface area is 188 Å². The van der Waals surface area contributed by atoms with E-state index in [2.05, 4.69) is 15.3 Å². The molecule has 0 saturated carbocycles. The highest BCUT2D eigenvalue weighted by Crippen LogP contribution is 2.41. The minimum atomic E-state index is -4.85. The Hall–Kier alpha value is -3.55. The van der Waals surface area contributed by atoms with E-state index in [9.17, 15) is 31.1 Å². The first kappa shape index (κ1) is 25.1. The Balaban J connectivity index is 1.83. The van der Waals surface area contributed by atoms with E-state index in [1.165, 1.54) is 6.92 Å². The van der Waals surface area contributed by atoms with E-state index < -0.39 is 59.5 Å². The van der Waals surface area contributed by atoms with E-state index in [0.717, 1.165) is 30.5 Å². The third-order valence-corrected chi connectivity index (χ3v) is 5.17. The number of nitrogen functional groups attached to an aromatic ring is 1. The Bertz CT molecular complexity index is 1140. The third-order valence-electron chi connectivity index (χ3n) is 5.17. The van der Waals surface area contributed by atoms with Gasteiger partial charge in [-0.15, -0.1) is 0 Å². The molecule has 34 heavy (non-hydrogen) atoms. The van der Waals surface area contributed by atoms with Crippen molar-refractivity contribution in [3.05, 3.63) is 47.4 Å². The summed E-state index contributed by atoms with van der Waals surface area (Å²) in [6.07, 6.45) is -8.04. The number of aromatic nitrogens is 1. The SMILES string of the molecule is C[C@@]1(c2cc(NC(=O)Oc3ncc(C(F)F)cc3N)ccc2F)CO[C@@](C)(C(F)(F)F)C(N)=N1. The fraction of sp³-hybridized carbons (Fsp3) is 0.350. The molecule has 1 amide bonds. The number of nitrogens with one attached hydrogen (secondary N) is 1. The number of nitrogens with two attached hydrogens (primary N) is 2. The molecule has 2 atom stereocenters. The highest BCUT2D eigenvalue weighted by Gasteiger charge is 2.59. The maximum absolute atomic E-state index is 14.6. The lowest BCUT2D eigenvalue weighted by atomic mass is 9.89. The van der Waals surface area contributed by atoms with Crippen LogP contribution in [0, 0.1) is 5.82 Å². The number of anilines is 2. The zero-order valence-corrected chi connectivity index (χ0v) is 17.7. The first-order chi connectivity index (χ1) is 15.7. The molecule has 0 bridgehead atoms. The monoisotopic (exact) mass is 491 g/mol. The number of amidine groups is 1. The van der Waals surface area contributed by atoms with E-state index in [1.807, 2.05) is 0 Å². The van der Waals surface area contributed by atoms with Gasteiger partial charge in [-0.3, -0.25) is 10.3 Å². The molecule has 5 N–H and O–H groups in total. The Morgan fingerprint density at radius 3 is 2.47 bits per heavy atom. The van der Waals surface area contributed by atoms with E-state index >= 15 is 0 Å². The number of nitrogens with zero attached hydrogens (tertiary/aromatic N) is 2. The van der Waals surface area contributed by atoms with Crippen molar-refractivity contribution in [2.45, 2.75) is 37.6 Å². The Morgan fingerprint density at radius 2 is 1.91 bits per heavy atom. The molecule has 14 heteroatoms. The Kier molecular flexibility index (Phi) is 6.39. The van der Waals surface area contributed by atoms with Crippen molar-refractivity contribution < 1.29 is 40.6 Å². The fourth-order valence-electron chi connectivity index (χ4n) is 3.07. The normalized spacial score (nSPS) is 22.9. The lowest BCUT2D eigenvalue weighted by Gasteiger charge is -2.41. The van der Waals surface area contributed by atoms with Crippen molar-refractivity contribution in [1.29, 1.82) is 0 Å². The van der Waals surface area contributed by atoms with Gasteiger partial charge in [-0.1, -0.05) is 0 Å². The molecule has 8 nitrogen and oxygen atoms in total. The first-order valence-electron chi connectivity index (χ1n) is 9.55. The number of ether oxygens (including phenoxy) is 2. The molecule has 0 unspecified atom stereocenters. The van der Waals surface area contributed by atoms with Gasteiger partial charge < -0.3 is 20.9 Å². The molecule has 2 heterocycles. The number of amides is 1. The molecule has 0 spiro atoms. The second-order valence-corrected chi connectivity index (χ2v) is 7.76. The minimum Gasteiger partial charge on any atom is -0.394 e. The predicted octanol–water partition coefficient (Wildman–Crippen LogP) is 4.28. The van der Waals surface area contributed by atoms with Crippen LogP contribution in [0.4, 0.5) is 42.5 Å². The summed E-state index contributed by atoms with van der Waals surface area (Å²) in [4.78, 5) is 19.6. The number of hydrogen-bond donors (Lipinski definition) is 3. The number of alkyl halides is 5. The summed E-state index contributed by atoms with van der Waals surface area (Å²) in [6.45, 7) is 1.36. The van der Waals surface area contributed by atoms with Gasteiger partial charge in [0, 0.05) is 23.0 Å². The zero-order valence-electron chi connectivity index (χ0n) is 17.7. The minimum absolute atomic E-state index is 0.0247. The van der Waals surface area contributed by atoms with E-state index in [-0.39, 0.29) is 16.9 Å². The molecule has 0 fully saturated rings. The maximum Gasteiger partial charge on any atom is 0.424 e. The molecule has 1 aliphatic heterocycles. The molecule has 184 valence electrons. The molecule has 1 aliphatic rings. The van der Waals surface area contributed by atoms with Crippen LogP contribution in [0.3, 0.4) is 0 Å². The highest BCUT2D eigenvalue weighted by atomic mass is 19.4. The molecular weight excluding hydrogens is 472 g/mol. The van der Waals surface area contributed by atoms with Gasteiger partial charge in [0.15, 0.2) is 0 Å². The maximum atomic E-state index is 14.6. The van der Waals surface area contributed by atoms with Crippen LogP contribution < -0.4 is 21.5 Å². The van der Waals surface area contributed by atoms with Crippen LogP contribution in [0.25, 0.3) is 0 Å². The molecule has 3 rings (SSSR count). The number of halogens is 6. The van der Waals surface area contributed by atoms with E-state index in [1.54, 1.807) is 0 Å². The van der Waals surface area contributed by atoms with Gasteiger partial charge >= 0.3 is 12.3 Å². The summed E-state index contributed by atoms with van der Waals surface area (Å²) in [5.41, 5.74) is 5.58. The van der Waals surface area contributed by atoms with Crippen LogP contribution in [0.15, 0.2) is 35.5 Å². The van der Waals surface area contributed by atoms with Crippen LogP contribution >= 0.6 is 0 Å². The smallest absolute Gasteiger partial charge is 0.394 e. The van der Waals surface area contributed by atoms with Crippen molar-refractivity contribution in [1.82, 2.24) is 4.98 Å². The third kappa shape index (κ3) is 4.71. The van der Waals surface area contributed by atoms with Crippen LogP contribution in [0.5, 0.6) is 5.88 Å². The number of benzene rings is 1. The second kappa shape index (κ2) is 8.66. The predicted molar refractivity (Wildman–Crippen MR) is 109 cm³/mol.